The monoisotopic (exact) mass is 428 g/mol. The number of hydrogen-bond acceptors (Lipinski definition) is 5. The van der Waals surface area contributed by atoms with E-state index in [-0.39, 0.29) is 17.6 Å². The second-order valence-electron chi connectivity index (χ2n) is 8.62. The molecular weight excluding hydrogens is 392 g/mol. The summed E-state index contributed by atoms with van der Waals surface area (Å²) < 4.78 is 26.4. The predicted molar refractivity (Wildman–Crippen MR) is 112 cm³/mol. The zero-order valence-corrected chi connectivity index (χ0v) is 18.7. The van der Waals surface area contributed by atoms with Crippen molar-refractivity contribution in [2.24, 2.45) is 0 Å². The van der Waals surface area contributed by atoms with Gasteiger partial charge in [-0.2, -0.15) is 4.31 Å². The van der Waals surface area contributed by atoms with Gasteiger partial charge >= 0.3 is 0 Å². The first-order valence-corrected chi connectivity index (χ1v) is 12.7. The van der Waals surface area contributed by atoms with Crippen LogP contribution in [0.3, 0.4) is 0 Å². The molecule has 9 heteroatoms. The lowest BCUT2D eigenvalue weighted by Crippen LogP contribution is -2.56. The van der Waals surface area contributed by atoms with Gasteiger partial charge in [-0.3, -0.25) is 14.5 Å². The van der Waals surface area contributed by atoms with Crippen LogP contribution in [-0.4, -0.2) is 103 Å². The van der Waals surface area contributed by atoms with Crippen molar-refractivity contribution in [3.8, 4) is 0 Å². The van der Waals surface area contributed by atoms with Crippen molar-refractivity contribution in [1.29, 1.82) is 0 Å². The molecule has 0 radical (unpaired) electrons. The van der Waals surface area contributed by atoms with Gasteiger partial charge in [0.05, 0.1) is 12.3 Å². The molecule has 3 heterocycles. The van der Waals surface area contributed by atoms with Crippen molar-refractivity contribution in [3.63, 3.8) is 0 Å². The van der Waals surface area contributed by atoms with Crippen LogP contribution in [0.25, 0.3) is 0 Å². The normalized spacial score (nSPS) is 27.4. The first-order valence-electron chi connectivity index (χ1n) is 11.1. The van der Waals surface area contributed by atoms with Crippen LogP contribution in [0.15, 0.2) is 0 Å². The van der Waals surface area contributed by atoms with Crippen LogP contribution in [0, 0.1) is 0 Å². The highest BCUT2D eigenvalue weighted by Gasteiger charge is 2.40. The van der Waals surface area contributed by atoms with E-state index in [1.807, 2.05) is 11.8 Å². The lowest BCUT2D eigenvalue weighted by atomic mass is 10.0. The highest BCUT2D eigenvalue weighted by molar-refractivity contribution is 7.89. The fraction of sp³-hybridized carbons (Fsp3) is 0.900. The number of sulfonamides is 1. The third kappa shape index (κ3) is 5.30. The Hall–Kier alpha value is -1.19. The number of likely N-dealkylation sites (tertiary alicyclic amines) is 1. The van der Waals surface area contributed by atoms with E-state index in [0.29, 0.717) is 58.2 Å². The van der Waals surface area contributed by atoms with Gasteiger partial charge in [0.25, 0.3) is 0 Å². The summed E-state index contributed by atoms with van der Waals surface area (Å²) in [6.45, 7) is 8.10. The molecule has 3 saturated heterocycles. The number of amides is 2. The Morgan fingerprint density at radius 2 is 1.66 bits per heavy atom. The first kappa shape index (κ1) is 22.5. The summed E-state index contributed by atoms with van der Waals surface area (Å²) >= 11 is 0. The second kappa shape index (κ2) is 9.75. The topological polar surface area (TPSA) is 81.2 Å². The maximum atomic E-state index is 13.0. The molecule has 0 aromatic carbocycles. The number of piperazine rings is 1. The third-order valence-corrected chi connectivity index (χ3v) is 8.55. The molecule has 29 heavy (non-hydrogen) atoms. The summed E-state index contributed by atoms with van der Waals surface area (Å²) in [5.74, 6) is 0.212. The molecule has 166 valence electrons. The van der Waals surface area contributed by atoms with Crippen LogP contribution in [-0.2, 0) is 19.6 Å². The van der Waals surface area contributed by atoms with Gasteiger partial charge in [0.2, 0.25) is 21.8 Å². The Balaban J connectivity index is 1.51. The molecule has 0 aliphatic carbocycles. The molecule has 0 saturated carbocycles. The van der Waals surface area contributed by atoms with Gasteiger partial charge in [-0.1, -0.05) is 6.92 Å². The van der Waals surface area contributed by atoms with Crippen molar-refractivity contribution >= 4 is 21.8 Å². The Labute approximate surface area is 175 Å². The minimum Gasteiger partial charge on any atom is -0.339 e. The fourth-order valence-corrected chi connectivity index (χ4v) is 6.52. The molecule has 8 nitrogen and oxygen atoms in total. The average molecular weight is 429 g/mol. The van der Waals surface area contributed by atoms with Crippen LogP contribution < -0.4 is 0 Å². The van der Waals surface area contributed by atoms with Crippen LogP contribution in [0.2, 0.25) is 0 Å². The second-order valence-corrected chi connectivity index (χ2v) is 10.7. The number of rotatable bonds is 6. The van der Waals surface area contributed by atoms with Crippen LogP contribution >= 0.6 is 0 Å². The number of carbonyl (C=O) groups excluding carboxylic acids is 2. The van der Waals surface area contributed by atoms with Crippen molar-refractivity contribution in [2.75, 3.05) is 51.6 Å². The lowest BCUT2D eigenvalue weighted by molar-refractivity contribution is -0.138. The molecule has 0 N–H and O–H groups in total. The summed E-state index contributed by atoms with van der Waals surface area (Å²) in [7, 11) is -3.36. The Morgan fingerprint density at radius 1 is 0.931 bits per heavy atom. The summed E-state index contributed by atoms with van der Waals surface area (Å²) in [5, 5.41) is 0. The summed E-state index contributed by atoms with van der Waals surface area (Å²) in [4.78, 5) is 31.6. The van der Waals surface area contributed by atoms with Crippen molar-refractivity contribution < 1.29 is 18.0 Å². The van der Waals surface area contributed by atoms with Gasteiger partial charge in [-0.25, -0.2) is 8.42 Å². The van der Waals surface area contributed by atoms with Crippen LogP contribution in [0.1, 0.15) is 52.4 Å². The Kier molecular flexibility index (Phi) is 7.56. The molecule has 2 amide bonds. The summed E-state index contributed by atoms with van der Waals surface area (Å²) in [6, 6.07) is -0.230. The highest BCUT2D eigenvalue weighted by atomic mass is 32.2. The standard InChI is InChI=1S/C20H36N4O4S/c1-3-15-29(27,28)24-10-6-8-18(24)20(26)22-13-11-21(12-14-22)16-19(25)23-9-5-4-7-17(23)2/h17-18H,3-16H2,1-2H3. The fourth-order valence-electron chi connectivity index (χ4n) is 4.78. The molecule has 2 unspecified atom stereocenters. The van der Waals surface area contributed by atoms with Gasteiger partial charge in [-0.15, -0.1) is 0 Å². The van der Waals surface area contributed by atoms with Crippen LogP contribution in [0.5, 0.6) is 0 Å². The molecule has 0 aromatic rings. The number of carbonyl (C=O) groups is 2. The van der Waals surface area contributed by atoms with Gasteiger partial charge < -0.3 is 9.80 Å². The molecule has 3 aliphatic heterocycles. The molecular formula is C20H36N4O4S. The Bertz CT molecular complexity index is 691. The molecule has 3 aliphatic rings. The quantitative estimate of drug-likeness (QED) is 0.623. The van der Waals surface area contributed by atoms with Crippen LogP contribution in [0.4, 0.5) is 0 Å². The van der Waals surface area contributed by atoms with E-state index in [1.54, 1.807) is 4.90 Å². The van der Waals surface area contributed by atoms with E-state index in [4.69, 9.17) is 0 Å². The maximum absolute atomic E-state index is 13.0. The summed E-state index contributed by atoms with van der Waals surface area (Å²) in [5.41, 5.74) is 0. The van der Waals surface area contributed by atoms with E-state index in [0.717, 1.165) is 25.8 Å². The number of nitrogens with zero attached hydrogens (tertiary/aromatic N) is 4. The van der Waals surface area contributed by atoms with Gasteiger partial charge in [0.1, 0.15) is 6.04 Å². The predicted octanol–water partition coefficient (Wildman–Crippen LogP) is 0.736. The zero-order valence-electron chi connectivity index (χ0n) is 17.9. The van der Waals surface area contributed by atoms with E-state index >= 15 is 0 Å². The molecule has 3 rings (SSSR count). The molecule has 0 bridgehead atoms. The van der Waals surface area contributed by atoms with Crippen molar-refractivity contribution in [1.82, 2.24) is 19.0 Å². The van der Waals surface area contributed by atoms with E-state index in [9.17, 15) is 18.0 Å². The highest BCUT2D eigenvalue weighted by Crippen LogP contribution is 2.24. The Morgan fingerprint density at radius 3 is 2.31 bits per heavy atom. The van der Waals surface area contributed by atoms with Crippen molar-refractivity contribution in [3.05, 3.63) is 0 Å². The average Bonchev–Trinajstić information content (AvgIpc) is 3.19. The van der Waals surface area contributed by atoms with Gasteiger partial charge in [0, 0.05) is 45.3 Å². The zero-order chi connectivity index (χ0) is 21.0. The number of piperidine rings is 1. The molecule has 0 spiro atoms. The largest absolute Gasteiger partial charge is 0.339 e. The maximum Gasteiger partial charge on any atom is 0.241 e. The first-order chi connectivity index (χ1) is 13.8. The number of hydrogen-bond donors (Lipinski definition) is 0. The third-order valence-electron chi connectivity index (χ3n) is 6.47. The SMILES string of the molecule is CCCS(=O)(=O)N1CCCC1C(=O)N1CCN(CC(=O)N2CCCCC2C)CC1. The van der Waals surface area contributed by atoms with Gasteiger partial charge in [-0.05, 0) is 45.4 Å². The van der Waals surface area contributed by atoms with Gasteiger partial charge in [0.15, 0.2) is 0 Å². The van der Waals surface area contributed by atoms with E-state index in [1.165, 1.54) is 10.7 Å². The van der Waals surface area contributed by atoms with E-state index in [2.05, 4.69) is 11.8 Å². The van der Waals surface area contributed by atoms with E-state index < -0.39 is 16.1 Å². The molecule has 0 aromatic heterocycles. The minimum atomic E-state index is -3.36. The lowest BCUT2D eigenvalue weighted by Gasteiger charge is -2.39. The molecule has 2 atom stereocenters. The minimum absolute atomic E-state index is 0.0715. The smallest absolute Gasteiger partial charge is 0.241 e. The molecule has 3 fully saturated rings. The van der Waals surface area contributed by atoms with Crippen molar-refractivity contribution in [2.45, 2.75) is 64.5 Å². The summed E-state index contributed by atoms with van der Waals surface area (Å²) in [6.07, 6.45) is 5.25.